The van der Waals surface area contributed by atoms with Gasteiger partial charge in [0.25, 0.3) is 0 Å². The second-order valence-electron chi connectivity index (χ2n) is 8.42. The van der Waals surface area contributed by atoms with Gasteiger partial charge in [0.2, 0.25) is 0 Å². The lowest BCUT2D eigenvalue weighted by molar-refractivity contribution is -0.0258. The lowest BCUT2D eigenvalue weighted by atomic mass is 9.84. The number of aliphatic hydroxyl groups is 1. The van der Waals surface area contributed by atoms with E-state index < -0.39 is 5.60 Å². The summed E-state index contributed by atoms with van der Waals surface area (Å²) in [4.78, 5) is 3.89. The summed E-state index contributed by atoms with van der Waals surface area (Å²) in [6, 6.07) is 21.6. The predicted octanol–water partition coefficient (Wildman–Crippen LogP) is 5.35. The molecule has 1 N–H and O–H groups in total. The van der Waals surface area contributed by atoms with Crippen LogP contribution in [-0.4, -0.2) is 36.2 Å². The van der Waals surface area contributed by atoms with E-state index in [0.717, 1.165) is 51.0 Å². The van der Waals surface area contributed by atoms with Gasteiger partial charge in [-0.2, -0.15) is 0 Å². The summed E-state index contributed by atoms with van der Waals surface area (Å²) in [7, 11) is 0. The molecule has 3 aromatic rings. The fraction of sp³-hybridized carbons (Fsp3) is 0.360. The van der Waals surface area contributed by atoms with Crippen molar-refractivity contribution < 1.29 is 5.11 Å². The number of aryl methyl sites for hydroxylation is 1. The van der Waals surface area contributed by atoms with Crippen molar-refractivity contribution in [1.29, 1.82) is 0 Å². The average Bonchev–Trinajstić information content (AvgIpc) is 3.10. The minimum atomic E-state index is -0.660. The minimum Gasteiger partial charge on any atom is -0.385 e. The molecule has 0 amide bonds. The second-order valence-corrected chi connectivity index (χ2v) is 9.48. The number of anilines is 1. The molecule has 0 aliphatic carbocycles. The van der Waals surface area contributed by atoms with Crippen LogP contribution in [0.1, 0.15) is 30.4 Å². The number of hydrogen-bond donors (Lipinski definition) is 1. The van der Waals surface area contributed by atoms with Gasteiger partial charge in [-0.25, -0.2) is 0 Å². The third-order valence-electron chi connectivity index (χ3n) is 6.43. The number of rotatable bonds is 5. The lowest BCUT2D eigenvalue weighted by Crippen LogP contribution is -2.43. The fourth-order valence-corrected chi connectivity index (χ4v) is 5.80. The predicted molar refractivity (Wildman–Crippen MR) is 123 cm³/mol. The van der Waals surface area contributed by atoms with Gasteiger partial charge in [0.1, 0.15) is 0 Å². The van der Waals surface area contributed by atoms with E-state index in [0.29, 0.717) is 0 Å². The molecule has 1 saturated heterocycles. The van der Waals surface area contributed by atoms with Crippen LogP contribution < -0.4 is 4.31 Å². The standard InChI is InChI=1S/C25H28N2OS/c1-19-9-11-21(12-10-19)25(28)13-17-26(18-14-25)15-4-16-27-22-7-2-5-20-6-3-8-23(29-27)24(20)22/h2-3,5-12,28H,4,13-18H2,1H3. The molecule has 0 spiro atoms. The van der Waals surface area contributed by atoms with Crippen LogP contribution in [0.4, 0.5) is 5.69 Å². The van der Waals surface area contributed by atoms with Gasteiger partial charge in [0.05, 0.1) is 11.3 Å². The first-order chi connectivity index (χ1) is 14.1. The van der Waals surface area contributed by atoms with Crippen molar-refractivity contribution in [3.63, 3.8) is 0 Å². The molecule has 2 aliphatic heterocycles. The summed E-state index contributed by atoms with van der Waals surface area (Å²) in [6.07, 6.45) is 2.78. The van der Waals surface area contributed by atoms with E-state index in [2.05, 4.69) is 76.8 Å². The maximum atomic E-state index is 11.1. The van der Waals surface area contributed by atoms with E-state index in [4.69, 9.17) is 0 Å². The zero-order valence-electron chi connectivity index (χ0n) is 17.0. The first-order valence-corrected chi connectivity index (χ1v) is 11.4. The van der Waals surface area contributed by atoms with Crippen molar-refractivity contribution in [1.82, 2.24) is 4.90 Å². The molecule has 0 aromatic heterocycles. The Morgan fingerprint density at radius 1 is 0.931 bits per heavy atom. The van der Waals surface area contributed by atoms with Crippen molar-refractivity contribution in [2.45, 2.75) is 36.7 Å². The van der Waals surface area contributed by atoms with Crippen LogP contribution >= 0.6 is 11.9 Å². The Labute approximate surface area is 177 Å². The Bertz CT molecular complexity index is 1000. The molecule has 1 fully saturated rings. The van der Waals surface area contributed by atoms with Gasteiger partial charge in [0, 0.05) is 29.9 Å². The monoisotopic (exact) mass is 404 g/mol. The third-order valence-corrected chi connectivity index (χ3v) is 7.57. The average molecular weight is 405 g/mol. The van der Waals surface area contributed by atoms with Crippen molar-refractivity contribution in [2.24, 2.45) is 0 Å². The normalized spacial score (nSPS) is 18.5. The molecule has 0 radical (unpaired) electrons. The minimum absolute atomic E-state index is 0.660. The van der Waals surface area contributed by atoms with Gasteiger partial charge in [-0.1, -0.05) is 54.1 Å². The van der Waals surface area contributed by atoms with Gasteiger partial charge in [-0.15, -0.1) is 0 Å². The molecule has 29 heavy (non-hydrogen) atoms. The number of benzene rings is 3. The Hall–Kier alpha value is -2.01. The van der Waals surface area contributed by atoms with Crippen LogP contribution in [0.5, 0.6) is 0 Å². The van der Waals surface area contributed by atoms with Crippen LogP contribution in [0.2, 0.25) is 0 Å². The van der Waals surface area contributed by atoms with Crippen LogP contribution in [0.3, 0.4) is 0 Å². The molecular weight excluding hydrogens is 376 g/mol. The van der Waals surface area contributed by atoms with E-state index in [9.17, 15) is 5.11 Å². The van der Waals surface area contributed by atoms with Crippen molar-refractivity contribution in [3.8, 4) is 0 Å². The molecule has 2 heterocycles. The van der Waals surface area contributed by atoms with Gasteiger partial charge < -0.3 is 14.3 Å². The molecule has 0 saturated carbocycles. The summed E-state index contributed by atoms with van der Waals surface area (Å²) >= 11 is 1.87. The second kappa shape index (κ2) is 7.67. The fourth-order valence-electron chi connectivity index (χ4n) is 4.64. The van der Waals surface area contributed by atoms with E-state index in [1.807, 2.05) is 11.9 Å². The summed E-state index contributed by atoms with van der Waals surface area (Å²) < 4.78 is 2.45. The highest BCUT2D eigenvalue weighted by atomic mass is 32.2. The van der Waals surface area contributed by atoms with E-state index >= 15 is 0 Å². The maximum Gasteiger partial charge on any atom is 0.0920 e. The topological polar surface area (TPSA) is 26.7 Å². The van der Waals surface area contributed by atoms with E-state index in [1.165, 1.54) is 26.9 Å². The quantitative estimate of drug-likeness (QED) is 0.580. The van der Waals surface area contributed by atoms with Crippen LogP contribution in [0.15, 0.2) is 65.6 Å². The van der Waals surface area contributed by atoms with Crippen molar-refractivity contribution >= 4 is 28.4 Å². The van der Waals surface area contributed by atoms with Crippen molar-refractivity contribution in [3.05, 3.63) is 71.8 Å². The zero-order chi connectivity index (χ0) is 19.8. The first-order valence-electron chi connectivity index (χ1n) is 10.6. The Balaban J connectivity index is 1.15. The number of hydrogen-bond acceptors (Lipinski definition) is 4. The first kappa shape index (κ1) is 19.0. The number of piperidine rings is 1. The molecule has 0 bridgehead atoms. The molecule has 0 unspecified atom stereocenters. The molecule has 150 valence electrons. The third kappa shape index (κ3) is 3.65. The summed E-state index contributed by atoms with van der Waals surface area (Å²) in [5, 5.41) is 13.8. The Morgan fingerprint density at radius 2 is 1.66 bits per heavy atom. The molecular formula is C25H28N2OS. The molecule has 3 aromatic carbocycles. The highest BCUT2D eigenvalue weighted by Crippen LogP contribution is 2.45. The highest BCUT2D eigenvalue weighted by molar-refractivity contribution is 8.01. The largest absolute Gasteiger partial charge is 0.385 e. The smallest absolute Gasteiger partial charge is 0.0920 e. The van der Waals surface area contributed by atoms with Gasteiger partial charge in [-0.05, 0) is 67.8 Å². The van der Waals surface area contributed by atoms with Crippen LogP contribution in [-0.2, 0) is 5.60 Å². The Kier molecular flexibility index (Phi) is 5.02. The molecule has 5 rings (SSSR count). The van der Waals surface area contributed by atoms with Crippen LogP contribution in [0, 0.1) is 6.92 Å². The van der Waals surface area contributed by atoms with Gasteiger partial charge >= 0.3 is 0 Å². The number of nitrogens with zero attached hydrogens (tertiary/aromatic N) is 2. The summed E-state index contributed by atoms with van der Waals surface area (Å²) in [5.41, 5.74) is 3.01. The van der Waals surface area contributed by atoms with Gasteiger partial charge in [0.15, 0.2) is 0 Å². The van der Waals surface area contributed by atoms with Crippen molar-refractivity contribution in [2.75, 3.05) is 30.5 Å². The SMILES string of the molecule is Cc1ccc(C2(O)CCN(CCCN3Sc4cccc5cccc3c45)CC2)cc1. The molecule has 0 atom stereocenters. The Morgan fingerprint density at radius 3 is 2.41 bits per heavy atom. The zero-order valence-corrected chi connectivity index (χ0v) is 17.8. The summed E-state index contributed by atoms with van der Waals surface area (Å²) in [5.74, 6) is 0. The lowest BCUT2D eigenvalue weighted by Gasteiger charge is -2.38. The number of likely N-dealkylation sites (tertiary alicyclic amines) is 1. The molecule has 3 nitrogen and oxygen atoms in total. The van der Waals surface area contributed by atoms with Crippen LogP contribution in [0.25, 0.3) is 10.8 Å². The van der Waals surface area contributed by atoms with E-state index in [-0.39, 0.29) is 0 Å². The molecule has 2 aliphatic rings. The highest BCUT2D eigenvalue weighted by Gasteiger charge is 2.33. The molecule has 4 heteroatoms. The van der Waals surface area contributed by atoms with Gasteiger partial charge in [-0.3, -0.25) is 0 Å². The van der Waals surface area contributed by atoms with E-state index in [1.54, 1.807) is 0 Å². The maximum absolute atomic E-state index is 11.1. The summed E-state index contributed by atoms with van der Waals surface area (Å²) in [6.45, 7) is 6.17.